The quantitative estimate of drug-likeness (QED) is 0.671. The summed E-state index contributed by atoms with van der Waals surface area (Å²) >= 11 is 0. The Labute approximate surface area is 106 Å². The van der Waals surface area contributed by atoms with Crippen LogP contribution in [0.2, 0.25) is 0 Å². The van der Waals surface area contributed by atoms with Gasteiger partial charge in [0.15, 0.2) is 0 Å². The van der Waals surface area contributed by atoms with Gasteiger partial charge in [0.05, 0.1) is 5.41 Å². The number of hydrogen-bond acceptors (Lipinski definition) is 2. The zero-order valence-electron chi connectivity index (χ0n) is 11.6. The highest BCUT2D eigenvalue weighted by molar-refractivity contribution is 5.83. The minimum absolute atomic E-state index is 0.162. The molecule has 1 rings (SSSR count). The number of rotatable bonds is 7. The first kappa shape index (κ1) is 14.5. The Morgan fingerprint density at radius 1 is 1.35 bits per heavy atom. The number of nitrogens with one attached hydrogen (secondary N) is 2. The van der Waals surface area contributed by atoms with Gasteiger partial charge >= 0.3 is 0 Å². The molecule has 2 N–H and O–H groups in total. The van der Waals surface area contributed by atoms with E-state index in [4.69, 9.17) is 0 Å². The highest BCUT2D eigenvalue weighted by Gasteiger charge is 2.43. The van der Waals surface area contributed by atoms with Gasteiger partial charge < -0.3 is 10.6 Å². The monoisotopic (exact) mass is 240 g/mol. The standard InChI is InChI=1S/C14H28N2O/c1-4-5-6-7-9-16-13(17)14(12(2)3)8-10-15-11-14/h12,15H,4-11H2,1-3H3,(H,16,17). The number of carbonyl (C=O) groups excluding carboxylic acids is 1. The van der Waals surface area contributed by atoms with Crippen LogP contribution in [0.25, 0.3) is 0 Å². The Bertz CT molecular complexity index is 232. The second-order valence-electron chi connectivity index (χ2n) is 5.55. The number of carbonyl (C=O) groups is 1. The minimum atomic E-state index is -0.162. The van der Waals surface area contributed by atoms with Gasteiger partial charge in [-0.15, -0.1) is 0 Å². The van der Waals surface area contributed by atoms with Crippen molar-refractivity contribution in [2.75, 3.05) is 19.6 Å². The molecule has 3 nitrogen and oxygen atoms in total. The van der Waals surface area contributed by atoms with Crippen LogP contribution in [-0.4, -0.2) is 25.5 Å². The maximum absolute atomic E-state index is 12.3. The average molecular weight is 240 g/mol. The minimum Gasteiger partial charge on any atom is -0.356 e. The fourth-order valence-electron chi connectivity index (χ4n) is 2.59. The highest BCUT2D eigenvalue weighted by atomic mass is 16.2. The third-order valence-electron chi connectivity index (χ3n) is 4.06. The van der Waals surface area contributed by atoms with Crippen LogP contribution >= 0.6 is 0 Å². The normalized spacial score (nSPS) is 24.2. The van der Waals surface area contributed by atoms with E-state index in [2.05, 4.69) is 31.4 Å². The lowest BCUT2D eigenvalue weighted by atomic mass is 9.75. The van der Waals surface area contributed by atoms with E-state index in [0.717, 1.165) is 32.5 Å². The van der Waals surface area contributed by atoms with Crippen LogP contribution in [0.3, 0.4) is 0 Å². The summed E-state index contributed by atoms with van der Waals surface area (Å²) in [6.45, 7) is 9.17. The third kappa shape index (κ3) is 3.70. The molecule has 0 bridgehead atoms. The van der Waals surface area contributed by atoms with Gasteiger partial charge in [-0.05, 0) is 25.3 Å². The molecule has 100 valence electrons. The lowest BCUT2D eigenvalue weighted by Crippen LogP contribution is -2.46. The van der Waals surface area contributed by atoms with E-state index in [-0.39, 0.29) is 11.3 Å². The molecule has 0 aromatic heterocycles. The van der Waals surface area contributed by atoms with Gasteiger partial charge in [-0.25, -0.2) is 0 Å². The van der Waals surface area contributed by atoms with E-state index in [1.54, 1.807) is 0 Å². The summed E-state index contributed by atoms with van der Waals surface area (Å²) in [4.78, 5) is 12.3. The lowest BCUT2D eigenvalue weighted by Gasteiger charge is -2.31. The molecule has 1 amide bonds. The molecular weight excluding hydrogens is 212 g/mol. The number of hydrogen-bond donors (Lipinski definition) is 2. The Morgan fingerprint density at radius 3 is 2.65 bits per heavy atom. The maximum atomic E-state index is 12.3. The number of unbranched alkanes of at least 4 members (excludes halogenated alkanes) is 3. The first-order valence-corrected chi connectivity index (χ1v) is 7.12. The highest BCUT2D eigenvalue weighted by Crippen LogP contribution is 2.34. The van der Waals surface area contributed by atoms with Crippen molar-refractivity contribution in [3.05, 3.63) is 0 Å². The lowest BCUT2D eigenvalue weighted by molar-refractivity contribution is -0.132. The van der Waals surface area contributed by atoms with E-state index in [0.29, 0.717) is 5.92 Å². The van der Waals surface area contributed by atoms with Crippen LogP contribution in [0.5, 0.6) is 0 Å². The third-order valence-corrected chi connectivity index (χ3v) is 4.06. The molecule has 0 saturated carbocycles. The molecule has 0 spiro atoms. The Morgan fingerprint density at radius 2 is 2.12 bits per heavy atom. The van der Waals surface area contributed by atoms with Crippen molar-refractivity contribution in [2.24, 2.45) is 11.3 Å². The van der Waals surface area contributed by atoms with Gasteiger partial charge in [-0.2, -0.15) is 0 Å². The van der Waals surface area contributed by atoms with Crippen LogP contribution in [-0.2, 0) is 4.79 Å². The molecule has 1 atom stereocenters. The van der Waals surface area contributed by atoms with E-state index in [9.17, 15) is 4.79 Å². The summed E-state index contributed by atoms with van der Waals surface area (Å²) in [5.74, 6) is 0.669. The summed E-state index contributed by atoms with van der Waals surface area (Å²) in [7, 11) is 0. The smallest absolute Gasteiger partial charge is 0.227 e. The summed E-state index contributed by atoms with van der Waals surface area (Å²) < 4.78 is 0. The predicted octanol–water partition coefficient (Wildman–Crippen LogP) is 2.32. The van der Waals surface area contributed by atoms with Crippen molar-refractivity contribution < 1.29 is 4.79 Å². The largest absolute Gasteiger partial charge is 0.356 e. The van der Waals surface area contributed by atoms with Crippen LogP contribution in [0.1, 0.15) is 52.9 Å². The molecule has 0 aromatic carbocycles. The zero-order chi connectivity index (χ0) is 12.7. The Hall–Kier alpha value is -0.570. The topological polar surface area (TPSA) is 41.1 Å². The molecule has 1 aliphatic rings. The molecule has 17 heavy (non-hydrogen) atoms. The predicted molar refractivity (Wildman–Crippen MR) is 71.9 cm³/mol. The van der Waals surface area contributed by atoms with Crippen molar-refractivity contribution in [1.29, 1.82) is 0 Å². The molecule has 1 saturated heterocycles. The number of amides is 1. The van der Waals surface area contributed by atoms with Crippen molar-refractivity contribution in [1.82, 2.24) is 10.6 Å². The van der Waals surface area contributed by atoms with E-state index < -0.39 is 0 Å². The average Bonchev–Trinajstić information content (AvgIpc) is 2.79. The molecule has 0 aromatic rings. The molecule has 0 aliphatic carbocycles. The summed E-state index contributed by atoms with van der Waals surface area (Å²) in [6, 6.07) is 0. The second-order valence-corrected chi connectivity index (χ2v) is 5.55. The van der Waals surface area contributed by atoms with Crippen LogP contribution in [0, 0.1) is 11.3 Å². The fraction of sp³-hybridized carbons (Fsp3) is 0.929. The van der Waals surface area contributed by atoms with Gasteiger partial charge in [0.25, 0.3) is 0 Å². The van der Waals surface area contributed by atoms with E-state index >= 15 is 0 Å². The first-order valence-electron chi connectivity index (χ1n) is 7.12. The second kappa shape index (κ2) is 7.00. The van der Waals surface area contributed by atoms with Crippen molar-refractivity contribution in [3.63, 3.8) is 0 Å². The van der Waals surface area contributed by atoms with Crippen molar-refractivity contribution in [3.8, 4) is 0 Å². The SMILES string of the molecule is CCCCCCNC(=O)C1(C(C)C)CCNC1. The first-order chi connectivity index (χ1) is 8.13. The maximum Gasteiger partial charge on any atom is 0.227 e. The van der Waals surface area contributed by atoms with Crippen molar-refractivity contribution >= 4 is 5.91 Å². The van der Waals surface area contributed by atoms with Gasteiger partial charge in [0.1, 0.15) is 0 Å². The molecule has 3 heteroatoms. The van der Waals surface area contributed by atoms with Crippen LogP contribution in [0.15, 0.2) is 0 Å². The van der Waals surface area contributed by atoms with Crippen LogP contribution in [0.4, 0.5) is 0 Å². The van der Waals surface area contributed by atoms with Gasteiger partial charge in [0.2, 0.25) is 5.91 Å². The van der Waals surface area contributed by atoms with Gasteiger partial charge in [0, 0.05) is 13.1 Å². The molecule has 0 radical (unpaired) electrons. The summed E-state index contributed by atoms with van der Waals surface area (Å²) in [5.41, 5.74) is -0.162. The van der Waals surface area contributed by atoms with Gasteiger partial charge in [-0.3, -0.25) is 4.79 Å². The van der Waals surface area contributed by atoms with E-state index in [1.807, 2.05) is 0 Å². The zero-order valence-corrected chi connectivity index (χ0v) is 11.6. The van der Waals surface area contributed by atoms with Crippen molar-refractivity contribution in [2.45, 2.75) is 52.9 Å². The molecule has 1 heterocycles. The molecular formula is C14H28N2O. The molecule has 1 unspecified atom stereocenters. The Balaban J connectivity index is 2.34. The van der Waals surface area contributed by atoms with Crippen LogP contribution < -0.4 is 10.6 Å². The van der Waals surface area contributed by atoms with E-state index in [1.165, 1.54) is 19.3 Å². The summed E-state index contributed by atoms with van der Waals surface area (Å²) in [5, 5.41) is 6.45. The fourth-order valence-corrected chi connectivity index (χ4v) is 2.59. The summed E-state index contributed by atoms with van der Waals surface area (Å²) in [6.07, 6.45) is 5.83. The molecule has 1 aliphatic heterocycles. The molecule has 1 fully saturated rings. The Kier molecular flexibility index (Phi) is 5.96. The van der Waals surface area contributed by atoms with Gasteiger partial charge in [-0.1, -0.05) is 40.0 Å².